The van der Waals surface area contributed by atoms with Crippen LogP contribution in [0.3, 0.4) is 0 Å². The Morgan fingerprint density at radius 3 is 2.59 bits per heavy atom. The molecule has 0 aliphatic rings. The van der Waals surface area contributed by atoms with Gasteiger partial charge in [-0.25, -0.2) is 9.78 Å². The van der Waals surface area contributed by atoms with E-state index in [1.807, 2.05) is 19.0 Å². The third-order valence-corrected chi connectivity index (χ3v) is 5.51. The number of halogens is 4. The lowest BCUT2D eigenvalue weighted by Crippen LogP contribution is -2.39. The fourth-order valence-electron chi connectivity index (χ4n) is 2.75. The van der Waals surface area contributed by atoms with Gasteiger partial charge in [0.25, 0.3) is 0 Å². The van der Waals surface area contributed by atoms with Crippen molar-refractivity contribution in [1.82, 2.24) is 9.88 Å². The maximum atomic E-state index is 13.1. The molecule has 3 rings (SSSR count). The molecule has 3 aromatic rings. The molecule has 0 spiro atoms. The lowest BCUT2D eigenvalue weighted by atomic mass is 10.3. The summed E-state index contributed by atoms with van der Waals surface area (Å²) < 4.78 is 47.3. The monoisotopic (exact) mass is 488 g/mol. The van der Waals surface area contributed by atoms with Gasteiger partial charge >= 0.3 is 12.4 Å². The normalized spacial score (nSPS) is 11.6. The standard InChI is InChI=1S/C20H20ClF3N4O3S/c1-27(2)8-9-28(18(29)25-15-10-12(21)4-7-16(15)30-3)19-26-14-6-5-13(11-17(14)32-19)31-20(22,23)24/h4-7,10-11H,8-9H2,1-3H3,(H,25,29). The number of anilines is 2. The molecule has 0 radical (unpaired) electrons. The zero-order chi connectivity index (χ0) is 23.5. The van der Waals surface area contributed by atoms with Crippen LogP contribution in [-0.2, 0) is 0 Å². The van der Waals surface area contributed by atoms with Crippen molar-refractivity contribution in [2.45, 2.75) is 6.36 Å². The number of hydrogen-bond acceptors (Lipinski definition) is 6. The molecular weight excluding hydrogens is 469 g/mol. The van der Waals surface area contributed by atoms with E-state index >= 15 is 0 Å². The number of amides is 2. The Bertz CT molecular complexity index is 1110. The Hall–Kier alpha value is -2.76. The van der Waals surface area contributed by atoms with E-state index < -0.39 is 12.4 Å². The number of aromatic nitrogens is 1. The third-order valence-electron chi connectivity index (χ3n) is 4.23. The highest BCUT2D eigenvalue weighted by atomic mass is 35.5. The molecule has 2 amide bonds. The Labute approximate surface area is 191 Å². The summed E-state index contributed by atoms with van der Waals surface area (Å²) >= 11 is 7.12. The van der Waals surface area contributed by atoms with Gasteiger partial charge in [0, 0.05) is 24.2 Å². The smallest absolute Gasteiger partial charge is 0.495 e. The molecule has 12 heteroatoms. The summed E-state index contributed by atoms with van der Waals surface area (Å²) in [5.74, 6) is 0.0710. The van der Waals surface area contributed by atoms with E-state index in [1.54, 1.807) is 18.2 Å². The molecule has 0 fully saturated rings. The van der Waals surface area contributed by atoms with Gasteiger partial charge in [-0.15, -0.1) is 13.2 Å². The van der Waals surface area contributed by atoms with Crippen LogP contribution in [0.4, 0.5) is 28.8 Å². The number of benzene rings is 2. The van der Waals surface area contributed by atoms with Crippen LogP contribution in [0.5, 0.6) is 11.5 Å². The molecule has 7 nitrogen and oxygen atoms in total. The number of likely N-dealkylation sites (N-methyl/N-ethyl adjacent to an activating group) is 1. The number of fused-ring (bicyclic) bond motifs is 1. The van der Waals surface area contributed by atoms with Crippen molar-refractivity contribution in [3.05, 3.63) is 41.4 Å². The van der Waals surface area contributed by atoms with Crippen molar-refractivity contribution in [3.8, 4) is 11.5 Å². The first-order valence-corrected chi connectivity index (χ1v) is 10.5. The molecule has 1 heterocycles. The Morgan fingerprint density at radius 2 is 1.94 bits per heavy atom. The number of carbonyl (C=O) groups excluding carboxylic acids is 1. The van der Waals surface area contributed by atoms with Gasteiger partial charge < -0.3 is 19.7 Å². The Morgan fingerprint density at radius 1 is 1.19 bits per heavy atom. The van der Waals surface area contributed by atoms with Crippen LogP contribution in [0.1, 0.15) is 0 Å². The van der Waals surface area contributed by atoms with E-state index in [0.717, 1.165) is 11.3 Å². The molecule has 0 aliphatic heterocycles. The van der Waals surface area contributed by atoms with Crippen LogP contribution >= 0.6 is 22.9 Å². The fraction of sp³-hybridized carbons (Fsp3) is 0.300. The highest BCUT2D eigenvalue weighted by molar-refractivity contribution is 7.22. The van der Waals surface area contributed by atoms with Gasteiger partial charge in [0.15, 0.2) is 5.13 Å². The van der Waals surface area contributed by atoms with Crippen molar-refractivity contribution in [2.24, 2.45) is 0 Å². The van der Waals surface area contributed by atoms with Crippen molar-refractivity contribution >= 4 is 50.0 Å². The fourth-order valence-corrected chi connectivity index (χ4v) is 3.94. The predicted octanol–water partition coefficient (Wildman–Crippen LogP) is 5.46. The van der Waals surface area contributed by atoms with Gasteiger partial charge in [-0.2, -0.15) is 0 Å². The van der Waals surface area contributed by atoms with Crippen molar-refractivity contribution in [1.29, 1.82) is 0 Å². The summed E-state index contributed by atoms with van der Waals surface area (Å²) in [7, 11) is 5.18. The Balaban J connectivity index is 1.91. The van der Waals surface area contributed by atoms with E-state index in [4.69, 9.17) is 16.3 Å². The lowest BCUT2D eigenvalue weighted by Gasteiger charge is -2.23. The number of hydrogen-bond donors (Lipinski definition) is 1. The molecule has 1 N–H and O–H groups in total. The number of ether oxygens (including phenoxy) is 2. The molecule has 0 atom stereocenters. The molecule has 1 aromatic heterocycles. The SMILES string of the molecule is COc1ccc(Cl)cc1NC(=O)N(CCN(C)C)c1nc2ccc(OC(F)(F)F)cc2s1. The van der Waals surface area contributed by atoms with Crippen LogP contribution in [0.15, 0.2) is 36.4 Å². The van der Waals surface area contributed by atoms with Crippen molar-refractivity contribution in [2.75, 3.05) is 44.5 Å². The third kappa shape index (κ3) is 6.15. The number of rotatable bonds is 7. The molecule has 172 valence electrons. The first-order valence-electron chi connectivity index (χ1n) is 9.29. The second-order valence-electron chi connectivity index (χ2n) is 6.90. The minimum Gasteiger partial charge on any atom is -0.495 e. The number of carbonyl (C=O) groups is 1. The van der Waals surface area contributed by atoms with E-state index in [0.29, 0.717) is 38.4 Å². The zero-order valence-corrected chi connectivity index (χ0v) is 18.9. The first kappa shape index (κ1) is 23.9. The topological polar surface area (TPSA) is 66.9 Å². The molecule has 0 unspecified atom stereocenters. The van der Waals surface area contributed by atoms with Crippen LogP contribution in [-0.4, -0.2) is 56.6 Å². The zero-order valence-electron chi connectivity index (χ0n) is 17.4. The van der Waals surface area contributed by atoms with Crippen LogP contribution in [0.25, 0.3) is 10.2 Å². The van der Waals surface area contributed by atoms with Crippen molar-refractivity contribution in [3.63, 3.8) is 0 Å². The summed E-state index contributed by atoms with van der Waals surface area (Å²) in [6.07, 6.45) is -4.80. The van der Waals surface area contributed by atoms with Gasteiger partial charge in [-0.1, -0.05) is 22.9 Å². The summed E-state index contributed by atoms with van der Waals surface area (Å²) in [6.45, 7) is 0.811. The molecule has 32 heavy (non-hydrogen) atoms. The summed E-state index contributed by atoms with van der Waals surface area (Å²) in [5.41, 5.74) is 0.823. The van der Waals surface area contributed by atoms with Gasteiger partial charge in [-0.3, -0.25) is 4.90 Å². The maximum Gasteiger partial charge on any atom is 0.573 e. The summed E-state index contributed by atoms with van der Waals surface area (Å²) in [4.78, 5) is 20.9. The minimum absolute atomic E-state index is 0.285. The van der Waals surface area contributed by atoms with Crippen molar-refractivity contribution < 1.29 is 27.4 Å². The quantitative estimate of drug-likeness (QED) is 0.478. The van der Waals surface area contributed by atoms with E-state index in [2.05, 4.69) is 15.0 Å². The molecule has 0 bridgehead atoms. The highest BCUT2D eigenvalue weighted by Crippen LogP contribution is 2.34. The molecular formula is C20H20ClF3N4O3S. The number of urea groups is 1. The van der Waals surface area contributed by atoms with Gasteiger partial charge in [0.05, 0.1) is 23.0 Å². The molecule has 0 saturated heterocycles. The first-order chi connectivity index (χ1) is 15.1. The molecule has 2 aromatic carbocycles. The number of thiazole rings is 1. The predicted molar refractivity (Wildman–Crippen MR) is 119 cm³/mol. The van der Waals surface area contributed by atoms with E-state index in [1.165, 1.54) is 30.2 Å². The largest absolute Gasteiger partial charge is 0.573 e. The minimum atomic E-state index is -4.80. The van der Waals surface area contributed by atoms with Crippen LogP contribution < -0.4 is 19.7 Å². The second kappa shape index (κ2) is 9.80. The molecule has 0 saturated carbocycles. The average molecular weight is 489 g/mol. The average Bonchev–Trinajstić information content (AvgIpc) is 3.09. The highest BCUT2D eigenvalue weighted by Gasteiger charge is 2.31. The number of methoxy groups -OCH3 is 1. The van der Waals surface area contributed by atoms with Gasteiger partial charge in [0.1, 0.15) is 11.5 Å². The molecule has 0 aliphatic carbocycles. The van der Waals surface area contributed by atoms with Crippen LogP contribution in [0, 0.1) is 0 Å². The number of nitrogens with one attached hydrogen (secondary N) is 1. The van der Waals surface area contributed by atoms with Gasteiger partial charge in [-0.05, 0) is 44.4 Å². The second-order valence-corrected chi connectivity index (χ2v) is 8.35. The van der Waals surface area contributed by atoms with E-state index in [-0.39, 0.29) is 12.3 Å². The van der Waals surface area contributed by atoms with Crippen LogP contribution in [0.2, 0.25) is 5.02 Å². The maximum absolute atomic E-state index is 13.1. The number of nitrogens with zero attached hydrogens (tertiary/aromatic N) is 3. The summed E-state index contributed by atoms with van der Waals surface area (Å²) in [5, 5.41) is 3.50. The van der Waals surface area contributed by atoms with E-state index in [9.17, 15) is 18.0 Å². The summed E-state index contributed by atoms with van der Waals surface area (Å²) in [6, 6.07) is 8.17. The Kier molecular flexibility index (Phi) is 7.32. The van der Waals surface area contributed by atoms with Gasteiger partial charge in [0.2, 0.25) is 0 Å². The number of alkyl halides is 3. The lowest BCUT2D eigenvalue weighted by molar-refractivity contribution is -0.274.